The average Bonchev–Trinajstić information content (AvgIpc) is 2.74. The molecule has 1 aromatic heterocycles. The first-order valence-electron chi connectivity index (χ1n) is 4.66. The van der Waals surface area contributed by atoms with Gasteiger partial charge in [0.15, 0.2) is 0 Å². The fourth-order valence-electron chi connectivity index (χ4n) is 1.32. The van der Waals surface area contributed by atoms with Crippen molar-refractivity contribution in [3.63, 3.8) is 0 Å². The zero-order valence-electron chi connectivity index (χ0n) is 8.27. The van der Waals surface area contributed by atoms with Gasteiger partial charge in [0.05, 0.1) is 17.2 Å². The molecular weight excluding hydrogens is 319 g/mol. The van der Waals surface area contributed by atoms with Crippen LogP contribution in [0.1, 0.15) is 18.7 Å². The van der Waals surface area contributed by atoms with Gasteiger partial charge in [0.25, 0.3) is 0 Å². The van der Waals surface area contributed by atoms with Crippen LogP contribution < -0.4 is 5.32 Å². The fraction of sp³-hybridized carbons (Fsp3) is 0.182. The molecule has 0 aliphatic heterocycles. The number of hydrogen-bond acceptors (Lipinski definition) is 3. The summed E-state index contributed by atoms with van der Waals surface area (Å²) in [4.78, 5) is 4.30. The Morgan fingerprint density at radius 1 is 1.40 bits per heavy atom. The Bertz CT molecular complexity index is 428. The molecule has 1 N–H and O–H groups in total. The highest BCUT2D eigenvalue weighted by Gasteiger charge is 2.08. The van der Waals surface area contributed by atoms with E-state index < -0.39 is 0 Å². The van der Waals surface area contributed by atoms with Crippen LogP contribution in [-0.4, -0.2) is 4.98 Å². The summed E-state index contributed by atoms with van der Waals surface area (Å²) < 4.78 is 1.23. The van der Waals surface area contributed by atoms with Gasteiger partial charge in [0.1, 0.15) is 0 Å². The van der Waals surface area contributed by atoms with Crippen LogP contribution in [0.2, 0.25) is 0 Å². The summed E-state index contributed by atoms with van der Waals surface area (Å²) in [5, 5.41) is 5.53. The van der Waals surface area contributed by atoms with Crippen molar-refractivity contribution in [1.82, 2.24) is 4.98 Å². The second-order valence-electron chi connectivity index (χ2n) is 3.26. The molecule has 0 amide bonds. The molecule has 0 radical (unpaired) electrons. The molecule has 0 aliphatic carbocycles. The molecule has 2 nitrogen and oxygen atoms in total. The van der Waals surface area contributed by atoms with Gasteiger partial charge in [-0.05, 0) is 41.6 Å². The molecule has 78 valence electrons. The highest BCUT2D eigenvalue weighted by Crippen LogP contribution is 2.23. The lowest BCUT2D eigenvalue weighted by Crippen LogP contribution is -2.07. The van der Waals surface area contributed by atoms with Gasteiger partial charge in [-0.2, -0.15) is 0 Å². The maximum atomic E-state index is 4.30. The van der Waals surface area contributed by atoms with Crippen molar-refractivity contribution >= 4 is 39.6 Å². The van der Waals surface area contributed by atoms with E-state index in [-0.39, 0.29) is 6.04 Å². The Labute approximate surface area is 107 Å². The SMILES string of the molecule is CC(Nc1ccccc1I)c1cscn1. The fourth-order valence-corrected chi connectivity index (χ4v) is 2.51. The first kappa shape index (κ1) is 10.9. The second-order valence-corrected chi connectivity index (χ2v) is 5.14. The number of rotatable bonds is 3. The van der Waals surface area contributed by atoms with Crippen LogP contribution in [0.4, 0.5) is 5.69 Å². The summed E-state index contributed by atoms with van der Waals surface area (Å²) in [6.45, 7) is 2.12. The Morgan fingerprint density at radius 3 is 2.87 bits per heavy atom. The molecule has 0 aliphatic rings. The van der Waals surface area contributed by atoms with Gasteiger partial charge in [-0.3, -0.25) is 0 Å². The minimum atomic E-state index is 0.257. The molecule has 0 bridgehead atoms. The lowest BCUT2D eigenvalue weighted by Gasteiger charge is -2.14. The Kier molecular flexibility index (Phi) is 3.58. The van der Waals surface area contributed by atoms with Crippen molar-refractivity contribution in [2.75, 3.05) is 5.32 Å². The summed E-state index contributed by atoms with van der Waals surface area (Å²) in [5.74, 6) is 0. The van der Waals surface area contributed by atoms with E-state index in [1.165, 1.54) is 9.26 Å². The molecule has 2 rings (SSSR count). The van der Waals surface area contributed by atoms with E-state index in [1.807, 2.05) is 17.6 Å². The molecule has 2 aromatic rings. The summed E-state index contributed by atoms with van der Waals surface area (Å²) >= 11 is 3.96. The summed E-state index contributed by atoms with van der Waals surface area (Å²) in [6.07, 6.45) is 0. The van der Waals surface area contributed by atoms with E-state index in [9.17, 15) is 0 Å². The van der Waals surface area contributed by atoms with Crippen LogP contribution in [0.3, 0.4) is 0 Å². The second kappa shape index (κ2) is 4.94. The van der Waals surface area contributed by atoms with Crippen LogP contribution in [-0.2, 0) is 0 Å². The number of halogens is 1. The first-order valence-corrected chi connectivity index (χ1v) is 6.68. The highest BCUT2D eigenvalue weighted by molar-refractivity contribution is 14.1. The van der Waals surface area contributed by atoms with E-state index in [0.29, 0.717) is 0 Å². The monoisotopic (exact) mass is 330 g/mol. The zero-order chi connectivity index (χ0) is 10.7. The van der Waals surface area contributed by atoms with Crippen LogP contribution in [0, 0.1) is 3.57 Å². The Morgan fingerprint density at radius 2 is 2.20 bits per heavy atom. The summed E-state index contributed by atoms with van der Waals surface area (Å²) in [6, 6.07) is 8.52. The molecule has 0 saturated heterocycles. The molecule has 0 spiro atoms. The number of nitrogens with zero attached hydrogens (tertiary/aromatic N) is 1. The number of para-hydroxylation sites is 1. The lowest BCUT2D eigenvalue weighted by molar-refractivity contribution is 0.849. The first-order chi connectivity index (χ1) is 7.27. The Balaban J connectivity index is 2.13. The third-order valence-electron chi connectivity index (χ3n) is 2.14. The van der Waals surface area contributed by atoms with Gasteiger partial charge in [0, 0.05) is 14.6 Å². The van der Waals surface area contributed by atoms with Crippen molar-refractivity contribution in [2.45, 2.75) is 13.0 Å². The Hall–Kier alpha value is -0.620. The average molecular weight is 330 g/mol. The smallest absolute Gasteiger partial charge is 0.0795 e. The topological polar surface area (TPSA) is 24.9 Å². The molecule has 1 atom stereocenters. The lowest BCUT2D eigenvalue weighted by atomic mass is 10.2. The van der Waals surface area contributed by atoms with Crippen molar-refractivity contribution in [3.05, 3.63) is 44.4 Å². The number of anilines is 1. The van der Waals surface area contributed by atoms with E-state index in [2.05, 4.69) is 57.3 Å². The standard InChI is InChI=1S/C11H11IN2S/c1-8(11-6-15-7-13-11)14-10-5-3-2-4-9(10)12/h2-8,14H,1H3. The zero-order valence-corrected chi connectivity index (χ0v) is 11.2. The van der Waals surface area contributed by atoms with Crippen LogP contribution in [0.25, 0.3) is 0 Å². The number of nitrogens with one attached hydrogen (secondary N) is 1. The van der Waals surface area contributed by atoms with Crippen LogP contribution >= 0.6 is 33.9 Å². The molecule has 1 unspecified atom stereocenters. The van der Waals surface area contributed by atoms with Gasteiger partial charge < -0.3 is 5.32 Å². The van der Waals surface area contributed by atoms with E-state index in [4.69, 9.17) is 0 Å². The summed E-state index contributed by atoms with van der Waals surface area (Å²) in [5.41, 5.74) is 4.13. The van der Waals surface area contributed by atoms with Gasteiger partial charge in [-0.15, -0.1) is 11.3 Å². The predicted molar refractivity (Wildman–Crippen MR) is 73.3 cm³/mol. The molecule has 1 aromatic carbocycles. The van der Waals surface area contributed by atoms with Crippen LogP contribution in [0.15, 0.2) is 35.2 Å². The summed E-state index contributed by atoms with van der Waals surface area (Å²) in [7, 11) is 0. The van der Waals surface area contributed by atoms with E-state index in [1.54, 1.807) is 11.3 Å². The molecule has 4 heteroatoms. The maximum Gasteiger partial charge on any atom is 0.0795 e. The van der Waals surface area contributed by atoms with Crippen molar-refractivity contribution in [2.24, 2.45) is 0 Å². The van der Waals surface area contributed by atoms with Gasteiger partial charge in [-0.25, -0.2) is 4.98 Å². The van der Waals surface area contributed by atoms with E-state index in [0.717, 1.165) is 5.69 Å². The van der Waals surface area contributed by atoms with Crippen molar-refractivity contribution < 1.29 is 0 Å². The quantitative estimate of drug-likeness (QED) is 0.863. The van der Waals surface area contributed by atoms with Crippen molar-refractivity contribution in [1.29, 1.82) is 0 Å². The largest absolute Gasteiger partial charge is 0.376 e. The van der Waals surface area contributed by atoms with E-state index >= 15 is 0 Å². The number of benzene rings is 1. The van der Waals surface area contributed by atoms with Gasteiger partial charge >= 0.3 is 0 Å². The highest BCUT2D eigenvalue weighted by atomic mass is 127. The minimum Gasteiger partial charge on any atom is -0.376 e. The molecule has 0 saturated carbocycles. The number of hydrogen-bond donors (Lipinski definition) is 1. The predicted octanol–water partition coefficient (Wildman–Crippen LogP) is 3.92. The number of thiazole rings is 1. The van der Waals surface area contributed by atoms with Crippen molar-refractivity contribution in [3.8, 4) is 0 Å². The third-order valence-corrected chi connectivity index (χ3v) is 3.69. The van der Waals surface area contributed by atoms with Gasteiger partial charge in [0.2, 0.25) is 0 Å². The maximum absolute atomic E-state index is 4.30. The molecule has 1 heterocycles. The van der Waals surface area contributed by atoms with Gasteiger partial charge in [-0.1, -0.05) is 12.1 Å². The van der Waals surface area contributed by atoms with Crippen LogP contribution in [0.5, 0.6) is 0 Å². The normalized spacial score (nSPS) is 12.4. The minimum absolute atomic E-state index is 0.257. The third kappa shape index (κ3) is 2.69. The molecular formula is C11H11IN2S. The number of aromatic nitrogens is 1. The molecule has 0 fully saturated rings. The molecule has 15 heavy (non-hydrogen) atoms.